The Morgan fingerprint density at radius 2 is 1.85 bits per heavy atom. The fourth-order valence-corrected chi connectivity index (χ4v) is 5.92. The molecule has 3 aliphatic rings. The van der Waals surface area contributed by atoms with Crippen molar-refractivity contribution in [3.05, 3.63) is 99.7 Å². The van der Waals surface area contributed by atoms with Crippen LogP contribution in [-0.4, -0.2) is 54.7 Å². The standard InChI is InChI=1S/C29H21F2N3O7/c1-38-29(37)41-27-20(35)8-10-33-25(27)28(36)32-11-13-39-14-21(32)34(33)24-15-4-2-3-5-16(15)26-18(9-12-40-26)22-17(24)6-7-19(30)23(22)31/h2-10,12,21,24H,11,13-14H2,1H3/t21-,24-/m1/s1. The summed E-state index contributed by atoms with van der Waals surface area (Å²) in [6.07, 6.45) is 0.894. The fraction of sp³-hybridized carbons (Fsp3) is 0.207. The molecule has 4 aromatic rings. The number of methoxy groups -OCH3 is 1. The molecule has 2 aromatic carbocycles. The van der Waals surface area contributed by atoms with Crippen LogP contribution in [0.3, 0.4) is 0 Å². The van der Waals surface area contributed by atoms with Gasteiger partial charge >= 0.3 is 6.16 Å². The molecular formula is C29H21F2N3O7. The quantitative estimate of drug-likeness (QED) is 0.338. The molecule has 1 fully saturated rings. The molecule has 41 heavy (non-hydrogen) atoms. The first-order valence-corrected chi connectivity index (χ1v) is 12.7. The molecule has 2 atom stereocenters. The van der Waals surface area contributed by atoms with Crippen LogP contribution in [0.1, 0.15) is 27.7 Å². The zero-order chi connectivity index (χ0) is 28.4. The molecule has 1 aliphatic carbocycles. The fourth-order valence-electron chi connectivity index (χ4n) is 5.92. The molecule has 0 bridgehead atoms. The maximum Gasteiger partial charge on any atom is 0.513 e. The Balaban J connectivity index is 1.56. The number of hydrogen-bond donors (Lipinski definition) is 0. The number of aromatic nitrogens is 1. The highest BCUT2D eigenvalue weighted by atomic mass is 19.2. The highest BCUT2D eigenvalue weighted by molar-refractivity contribution is 5.97. The average molecular weight is 561 g/mol. The zero-order valence-corrected chi connectivity index (χ0v) is 21.5. The Kier molecular flexibility index (Phi) is 5.68. The van der Waals surface area contributed by atoms with Crippen molar-refractivity contribution < 1.29 is 37.0 Å². The first-order chi connectivity index (χ1) is 19.9. The highest BCUT2D eigenvalue weighted by Gasteiger charge is 2.47. The molecule has 2 aliphatic heterocycles. The minimum atomic E-state index is -1.17. The van der Waals surface area contributed by atoms with Crippen molar-refractivity contribution in [2.24, 2.45) is 0 Å². The molecule has 7 rings (SSSR count). The minimum Gasteiger partial charge on any atom is -0.464 e. The van der Waals surface area contributed by atoms with Gasteiger partial charge in [0.25, 0.3) is 5.91 Å². The third-order valence-electron chi connectivity index (χ3n) is 7.63. The molecular weight excluding hydrogens is 540 g/mol. The Morgan fingerprint density at radius 3 is 2.68 bits per heavy atom. The number of benzene rings is 2. The second-order valence-electron chi connectivity index (χ2n) is 9.67. The number of pyridine rings is 1. The van der Waals surface area contributed by atoms with E-state index in [1.165, 1.54) is 28.1 Å². The summed E-state index contributed by atoms with van der Waals surface area (Å²) in [7, 11) is 1.08. The van der Waals surface area contributed by atoms with Crippen LogP contribution in [-0.2, 0) is 9.47 Å². The summed E-state index contributed by atoms with van der Waals surface area (Å²) in [5.74, 6) is -2.81. The van der Waals surface area contributed by atoms with Crippen molar-refractivity contribution in [3.8, 4) is 28.2 Å². The monoisotopic (exact) mass is 561 g/mol. The number of hydrogen-bond acceptors (Lipinski definition) is 8. The largest absolute Gasteiger partial charge is 0.513 e. The number of fused-ring (bicyclic) bond motifs is 7. The number of furan rings is 1. The van der Waals surface area contributed by atoms with Crippen LogP contribution in [0, 0.1) is 11.6 Å². The van der Waals surface area contributed by atoms with E-state index in [2.05, 4.69) is 4.74 Å². The van der Waals surface area contributed by atoms with E-state index in [9.17, 15) is 18.8 Å². The highest BCUT2D eigenvalue weighted by Crippen LogP contribution is 2.49. The zero-order valence-electron chi connectivity index (χ0n) is 21.5. The van der Waals surface area contributed by atoms with Gasteiger partial charge in [0.15, 0.2) is 17.3 Å². The minimum absolute atomic E-state index is 0.00348. The smallest absolute Gasteiger partial charge is 0.464 e. The summed E-state index contributed by atoms with van der Waals surface area (Å²) in [5, 5.41) is 1.75. The summed E-state index contributed by atoms with van der Waals surface area (Å²) in [6.45, 7) is 0.471. The van der Waals surface area contributed by atoms with Crippen LogP contribution in [0.15, 0.2) is 70.2 Å². The Morgan fingerprint density at radius 1 is 1.02 bits per heavy atom. The molecule has 1 amide bonds. The molecule has 0 unspecified atom stereocenters. The second-order valence-corrected chi connectivity index (χ2v) is 9.67. The maximum atomic E-state index is 15.7. The van der Waals surface area contributed by atoms with Crippen molar-refractivity contribution in [3.63, 3.8) is 0 Å². The maximum absolute atomic E-state index is 15.7. The van der Waals surface area contributed by atoms with Crippen LogP contribution < -0.4 is 15.2 Å². The van der Waals surface area contributed by atoms with E-state index < -0.39 is 47.1 Å². The molecule has 12 heteroatoms. The van der Waals surface area contributed by atoms with Crippen LogP contribution >= 0.6 is 0 Å². The Hall–Kier alpha value is -4.97. The van der Waals surface area contributed by atoms with Crippen molar-refractivity contribution >= 4 is 12.1 Å². The molecule has 0 spiro atoms. The van der Waals surface area contributed by atoms with Gasteiger partial charge in [-0.15, -0.1) is 0 Å². The third-order valence-corrected chi connectivity index (χ3v) is 7.63. The molecule has 10 nitrogen and oxygen atoms in total. The number of nitrogens with zero attached hydrogens (tertiary/aromatic N) is 3. The molecule has 2 aromatic heterocycles. The van der Waals surface area contributed by atoms with Gasteiger partial charge < -0.3 is 23.5 Å². The topological polar surface area (TPSA) is 103 Å². The van der Waals surface area contributed by atoms with Crippen LogP contribution in [0.5, 0.6) is 5.75 Å². The molecule has 4 heterocycles. The number of rotatable bonds is 2. The summed E-state index contributed by atoms with van der Waals surface area (Å²) >= 11 is 0. The molecule has 1 saturated heterocycles. The van der Waals surface area contributed by atoms with E-state index >= 15 is 4.39 Å². The predicted molar refractivity (Wildman–Crippen MR) is 139 cm³/mol. The number of carbonyl (C=O) groups is 2. The summed E-state index contributed by atoms with van der Waals surface area (Å²) in [6, 6.07) is 11.7. The normalized spacial score (nSPS) is 18.9. The number of amides is 1. The van der Waals surface area contributed by atoms with Crippen molar-refractivity contribution in [1.82, 2.24) is 9.58 Å². The number of carbonyl (C=O) groups excluding carboxylic acids is 2. The molecule has 0 radical (unpaired) electrons. The lowest BCUT2D eigenvalue weighted by Crippen LogP contribution is -2.66. The van der Waals surface area contributed by atoms with E-state index in [1.54, 1.807) is 17.1 Å². The first kappa shape index (κ1) is 25.0. The lowest BCUT2D eigenvalue weighted by Gasteiger charge is -2.51. The van der Waals surface area contributed by atoms with Gasteiger partial charge in [-0.3, -0.25) is 19.3 Å². The van der Waals surface area contributed by atoms with E-state index in [0.29, 0.717) is 28.0 Å². The van der Waals surface area contributed by atoms with Crippen molar-refractivity contribution in [2.75, 3.05) is 31.9 Å². The lowest BCUT2D eigenvalue weighted by molar-refractivity contribution is -0.0197. The van der Waals surface area contributed by atoms with Gasteiger partial charge in [-0.05, 0) is 23.3 Å². The Labute approximate surface area is 230 Å². The van der Waals surface area contributed by atoms with Crippen molar-refractivity contribution in [1.29, 1.82) is 0 Å². The molecule has 208 valence electrons. The van der Waals surface area contributed by atoms with Gasteiger partial charge in [0.05, 0.1) is 32.6 Å². The average Bonchev–Trinajstić information content (AvgIpc) is 3.43. The SMILES string of the molecule is COC(=O)Oc1c2n(ccc1=O)N([C@@H]1c3ccccc3-c3occc3-c3c1ccc(F)c3F)[C@@H]1COCCN1C2=O. The van der Waals surface area contributed by atoms with Gasteiger partial charge in [-0.2, -0.15) is 0 Å². The third kappa shape index (κ3) is 3.60. The number of ether oxygens (including phenoxy) is 3. The van der Waals surface area contributed by atoms with Gasteiger partial charge in [0.2, 0.25) is 11.2 Å². The van der Waals surface area contributed by atoms with Gasteiger partial charge in [-0.25, -0.2) is 13.6 Å². The van der Waals surface area contributed by atoms with Gasteiger partial charge in [0, 0.05) is 35.5 Å². The van der Waals surface area contributed by atoms with Gasteiger partial charge in [0.1, 0.15) is 11.9 Å². The Bertz CT molecular complexity index is 1800. The molecule has 0 N–H and O–H groups in total. The van der Waals surface area contributed by atoms with Crippen molar-refractivity contribution in [2.45, 2.75) is 12.2 Å². The van der Waals surface area contributed by atoms with E-state index in [-0.39, 0.29) is 31.0 Å². The van der Waals surface area contributed by atoms with E-state index in [4.69, 9.17) is 13.9 Å². The summed E-state index contributed by atoms with van der Waals surface area (Å²) in [4.78, 5) is 40.4. The number of halogens is 2. The van der Waals surface area contributed by atoms with E-state index in [0.717, 1.165) is 19.2 Å². The molecule has 0 saturated carbocycles. The van der Waals surface area contributed by atoms with Crippen LogP contribution in [0.25, 0.3) is 22.5 Å². The van der Waals surface area contributed by atoms with Crippen LogP contribution in [0.4, 0.5) is 13.6 Å². The van der Waals surface area contributed by atoms with Gasteiger partial charge in [-0.1, -0.05) is 30.3 Å². The lowest BCUT2D eigenvalue weighted by atomic mass is 9.92. The summed E-state index contributed by atoms with van der Waals surface area (Å²) < 4.78 is 53.3. The predicted octanol–water partition coefficient (Wildman–Crippen LogP) is 4.05. The second kappa shape index (κ2) is 9.30. The van der Waals surface area contributed by atoms with Crippen LogP contribution in [0.2, 0.25) is 0 Å². The number of morpholine rings is 1. The summed E-state index contributed by atoms with van der Waals surface area (Å²) in [5.41, 5.74) is 1.11. The van der Waals surface area contributed by atoms with E-state index in [1.807, 2.05) is 18.2 Å². The first-order valence-electron chi connectivity index (χ1n) is 12.7.